The molecule has 0 amide bonds. The average Bonchev–Trinajstić information content (AvgIpc) is 3.23. The van der Waals surface area contributed by atoms with Gasteiger partial charge in [0.25, 0.3) is 5.56 Å². The molecule has 0 bridgehead atoms. The van der Waals surface area contributed by atoms with Gasteiger partial charge in [-0.2, -0.15) is 0 Å². The molecule has 3 heterocycles. The first-order valence-corrected chi connectivity index (χ1v) is 9.52. The van der Waals surface area contributed by atoms with Gasteiger partial charge in [-0.3, -0.25) is 9.36 Å². The Labute approximate surface area is 159 Å². The van der Waals surface area contributed by atoms with Gasteiger partial charge in [-0.1, -0.05) is 18.5 Å². The number of nitrogens with zero attached hydrogens (tertiary/aromatic N) is 2. The van der Waals surface area contributed by atoms with E-state index in [2.05, 4.69) is 6.92 Å². The number of thiophene rings is 1. The Hall–Kier alpha value is -2.31. The highest BCUT2D eigenvalue weighted by Crippen LogP contribution is 2.37. The number of fused-ring (bicyclic) bond motifs is 2. The summed E-state index contributed by atoms with van der Waals surface area (Å²) >= 11 is 7.65. The van der Waals surface area contributed by atoms with Crippen LogP contribution in [0.1, 0.15) is 29.6 Å². The molecular formula is C19H17ClN2O3S. The van der Waals surface area contributed by atoms with Gasteiger partial charge in [0.1, 0.15) is 10.7 Å². The molecule has 1 aliphatic heterocycles. The second-order valence-electron chi connectivity index (χ2n) is 6.15. The Bertz CT molecular complexity index is 1110. The van der Waals surface area contributed by atoms with Crippen molar-refractivity contribution in [2.24, 2.45) is 0 Å². The van der Waals surface area contributed by atoms with E-state index >= 15 is 0 Å². The topological polar surface area (TPSA) is 64.4 Å². The molecular weight excluding hydrogens is 372 g/mol. The van der Waals surface area contributed by atoms with Crippen LogP contribution < -0.4 is 10.3 Å². The Morgan fingerprint density at radius 3 is 2.96 bits per heavy atom. The number of aromatic nitrogens is 2. The number of halogens is 1. The SMILES string of the molecule is CCc1cc2c(=O)n3c(nc2s1)/C(=C/c1cc(Cl)c(O)c(OC)c1)CC3. The highest BCUT2D eigenvalue weighted by atomic mass is 35.5. The smallest absolute Gasteiger partial charge is 0.262 e. The molecule has 0 spiro atoms. The normalized spacial score (nSPS) is 15.0. The summed E-state index contributed by atoms with van der Waals surface area (Å²) in [5.74, 6) is 0.939. The summed E-state index contributed by atoms with van der Waals surface area (Å²) in [4.78, 5) is 19.5. The van der Waals surface area contributed by atoms with Gasteiger partial charge in [0.05, 0.1) is 17.5 Å². The molecule has 0 saturated heterocycles. The third-order valence-electron chi connectivity index (χ3n) is 4.55. The number of aromatic hydroxyl groups is 1. The van der Waals surface area contributed by atoms with E-state index in [4.69, 9.17) is 21.3 Å². The molecule has 0 unspecified atom stereocenters. The van der Waals surface area contributed by atoms with Crippen LogP contribution in [0.15, 0.2) is 23.0 Å². The van der Waals surface area contributed by atoms with Crippen LogP contribution in [0, 0.1) is 0 Å². The predicted molar refractivity (Wildman–Crippen MR) is 105 cm³/mol. The van der Waals surface area contributed by atoms with Crippen molar-refractivity contribution in [3.8, 4) is 11.5 Å². The molecule has 0 radical (unpaired) electrons. The molecule has 0 atom stereocenters. The van der Waals surface area contributed by atoms with Gasteiger partial charge >= 0.3 is 0 Å². The van der Waals surface area contributed by atoms with E-state index in [1.54, 1.807) is 28.0 Å². The molecule has 3 aromatic rings. The summed E-state index contributed by atoms with van der Waals surface area (Å²) in [6.45, 7) is 2.69. The van der Waals surface area contributed by atoms with E-state index in [-0.39, 0.29) is 16.3 Å². The monoisotopic (exact) mass is 388 g/mol. The number of hydrogen-bond donors (Lipinski definition) is 1. The lowest BCUT2D eigenvalue weighted by Gasteiger charge is -2.07. The van der Waals surface area contributed by atoms with Gasteiger partial charge in [-0.25, -0.2) is 4.98 Å². The lowest BCUT2D eigenvalue weighted by atomic mass is 10.1. The van der Waals surface area contributed by atoms with Crippen molar-refractivity contribution in [2.75, 3.05) is 7.11 Å². The second-order valence-corrected chi connectivity index (χ2v) is 7.67. The zero-order valence-electron chi connectivity index (χ0n) is 14.4. The number of ether oxygens (including phenoxy) is 1. The van der Waals surface area contributed by atoms with E-state index in [0.29, 0.717) is 23.5 Å². The van der Waals surface area contributed by atoms with E-state index in [9.17, 15) is 9.90 Å². The van der Waals surface area contributed by atoms with Crippen LogP contribution in [-0.4, -0.2) is 21.8 Å². The van der Waals surface area contributed by atoms with Crippen LogP contribution in [-0.2, 0) is 13.0 Å². The molecule has 7 heteroatoms. The average molecular weight is 389 g/mol. The second kappa shape index (κ2) is 6.45. The Morgan fingerprint density at radius 2 is 2.23 bits per heavy atom. The van der Waals surface area contributed by atoms with Gasteiger partial charge in [0.2, 0.25) is 0 Å². The van der Waals surface area contributed by atoms with Crippen molar-refractivity contribution < 1.29 is 9.84 Å². The number of allylic oxidation sites excluding steroid dienone is 1. The van der Waals surface area contributed by atoms with Gasteiger partial charge in [-0.15, -0.1) is 11.3 Å². The molecule has 0 aliphatic carbocycles. The fourth-order valence-electron chi connectivity index (χ4n) is 3.21. The number of phenols is 1. The van der Waals surface area contributed by atoms with E-state index in [1.165, 1.54) is 7.11 Å². The molecule has 1 aliphatic rings. The summed E-state index contributed by atoms with van der Waals surface area (Å²) in [6, 6.07) is 5.34. The van der Waals surface area contributed by atoms with E-state index < -0.39 is 0 Å². The van der Waals surface area contributed by atoms with Crippen LogP contribution in [0.4, 0.5) is 0 Å². The maximum absolute atomic E-state index is 12.8. The fourth-order valence-corrected chi connectivity index (χ4v) is 4.38. The van der Waals surface area contributed by atoms with Crippen LogP contribution in [0.2, 0.25) is 5.02 Å². The van der Waals surface area contributed by atoms with Crippen molar-refractivity contribution in [1.29, 1.82) is 0 Å². The van der Waals surface area contributed by atoms with Crippen molar-refractivity contribution in [3.63, 3.8) is 0 Å². The first-order valence-electron chi connectivity index (χ1n) is 8.32. The van der Waals surface area contributed by atoms with Gasteiger partial charge in [-0.05, 0) is 48.3 Å². The number of aryl methyl sites for hydroxylation is 1. The first kappa shape index (κ1) is 17.1. The molecule has 2 aromatic heterocycles. The Kier molecular flexibility index (Phi) is 4.25. The van der Waals surface area contributed by atoms with Crippen molar-refractivity contribution >= 4 is 44.8 Å². The van der Waals surface area contributed by atoms with Crippen LogP contribution >= 0.6 is 22.9 Å². The summed E-state index contributed by atoms with van der Waals surface area (Å²) < 4.78 is 6.90. The van der Waals surface area contributed by atoms with E-state index in [1.807, 2.05) is 12.1 Å². The van der Waals surface area contributed by atoms with E-state index in [0.717, 1.165) is 33.7 Å². The zero-order valence-corrected chi connectivity index (χ0v) is 15.9. The molecule has 26 heavy (non-hydrogen) atoms. The third kappa shape index (κ3) is 2.70. The first-order chi connectivity index (χ1) is 12.5. The van der Waals surface area contributed by atoms with Gasteiger partial charge < -0.3 is 9.84 Å². The van der Waals surface area contributed by atoms with Gasteiger partial charge in [0, 0.05) is 11.4 Å². The van der Waals surface area contributed by atoms with Crippen molar-refractivity contribution in [3.05, 3.63) is 49.8 Å². The number of hydrogen-bond acceptors (Lipinski definition) is 5. The number of benzene rings is 1. The molecule has 1 aromatic carbocycles. The molecule has 4 rings (SSSR count). The van der Waals surface area contributed by atoms with Crippen molar-refractivity contribution in [1.82, 2.24) is 9.55 Å². The molecule has 1 N–H and O–H groups in total. The predicted octanol–water partition coefficient (Wildman–Crippen LogP) is 4.33. The third-order valence-corrected chi connectivity index (χ3v) is 6.02. The molecule has 5 nitrogen and oxygen atoms in total. The van der Waals surface area contributed by atoms with Gasteiger partial charge in [0.15, 0.2) is 11.5 Å². The number of methoxy groups -OCH3 is 1. The highest BCUT2D eigenvalue weighted by molar-refractivity contribution is 7.18. The summed E-state index contributed by atoms with van der Waals surface area (Å²) in [7, 11) is 1.48. The van der Waals surface area contributed by atoms with Crippen LogP contribution in [0.3, 0.4) is 0 Å². The summed E-state index contributed by atoms with van der Waals surface area (Å²) in [5.41, 5.74) is 1.78. The van der Waals surface area contributed by atoms with Crippen molar-refractivity contribution in [2.45, 2.75) is 26.3 Å². The lowest BCUT2D eigenvalue weighted by molar-refractivity contribution is 0.373. The van der Waals surface area contributed by atoms with Crippen LogP contribution in [0.25, 0.3) is 21.9 Å². The minimum absolute atomic E-state index is 0.0191. The molecule has 0 fully saturated rings. The highest BCUT2D eigenvalue weighted by Gasteiger charge is 2.22. The zero-order chi connectivity index (χ0) is 18.4. The fraction of sp³-hybridized carbons (Fsp3) is 0.263. The molecule has 134 valence electrons. The molecule has 0 saturated carbocycles. The Morgan fingerprint density at radius 1 is 1.42 bits per heavy atom. The minimum Gasteiger partial charge on any atom is -0.503 e. The largest absolute Gasteiger partial charge is 0.503 e. The maximum Gasteiger partial charge on any atom is 0.262 e. The lowest BCUT2D eigenvalue weighted by Crippen LogP contribution is -2.19. The quantitative estimate of drug-likeness (QED) is 0.725. The van der Waals surface area contributed by atoms with Crippen LogP contribution in [0.5, 0.6) is 11.5 Å². The standard InChI is InChI=1S/C19H17ClN2O3S/c1-3-12-9-13-18(26-12)21-17-11(4-5-22(17)19(13)24)6-10-7-14(20)16(23)15(8-10)25-2/h6-9,23H,3-5H2,1-2H3/b11-6+. The summed E-state index contributed by atoms with van der Waals surface area (Å²) in [6.07, 6.45) is 3.56. The number of rotatable bonds is 3. The summed E-state index contributed by atoms with van der Waals surface area (Å²) in [5, 5.41) is 10.8. The number of phenolic OH excluding ortho intramolecular Hbond substituents is 1. The Balaban J connectivity index is 1.85. The minimum atomic E-state index is -0.0788. The maximum atomic E-state index is 12.8.